The zero-order valence-corrected chi connectivity index (χ0v) is 24.4. The molecule has 5 rings (SSSR count). The summed E-state index contributed by atoms with van der Waals surface area (Å²) in [6.45, 7) is 3.86. The number of thioether (sulfide) groups is 1. The van der Waals surface area contributed by atoms with Crippen LogP contribution in [0.2, 0.25) is 0 Å². The van der Waals surface area contributed by atoms with Gasteiger partial charge in [-0.25, -0.2) is 13.1 Å². The Morgan fingerprint density at radius 3 is 2.54 bits per heavy atom. The molecule has 0 spiro atoms. The second-order valence-corrected chi connectivity index (χ2v) is 13.4. The lowest BCUT2D eigenvalue weighted by atomic mass is 10.1. The molecular formula is C29H32N4O3S3. The average Bonchev–Trinajstić information content (AvgIpc) is 3.69. The van der Waals surface area contributed by atoms with Gasteiger partial charge in [0.25, 0.3) is 5.91 Å². The van der Waals surface area contributed by atoms with Crippen molar-refractivity contribution in [3.05, 3.63) is 71.3 Å². The van der Waals surface area contributed by atoms with E-state index in [9.17, 15) is 13.2 Å². The summed E-state index contributed by atoms with van der Waals surface area (Å²) in [6, 6.07) is 16.6. The standard InChI is InChI=1S/C29H32N4O3S3/c1-2-3-4-8-18-32-28(34)26(38-29(32)37)20-23-21-33(24-13-6-5-7-14-24)30-27(23)22-12-11-15-25(19-22)39(35,36)31-16-9-10-17-31/h5-7,11-15,19-21H,2-4,8-10,16-18H2,1H3/b26-20-. The molecule has 1 aromatic heterocycles. The summed E-state index contributed by atoms with van der Waals surface area (Å²) in [5, 5.41) is 4.84. The number of carbonyl (C=O) groups is 1. The first-order valence-corrected chi connectivity index (χ1v) is 16.1. The highest BCUT2D eigenvalue weighted by atomic mass is 32.2. The molecule has 0 bridgehead atoms. The first kappa shape index (κ1) is 27.8. The van der Waals surface area contributed by atoms with Gasteiger partial charge in [-0.2, -0.15) is 9.40 Å². The van der Waals surface area contributed by atoms with Crippen molar-refractivity contribution in [3.8, 4) is 16.9 Å². The zero-order chi connectivity index (χ0) is 27.4. The molecule has 204 valence electrons. The number of thiocarbonyl (C=S) groups is 1. The fraction of sp³-hybridized carbons (Fsp3) is 0.345. The molecule has 3 aromatic rings. The van der Waals surface area contributed by atoms with E-state index in [2.05, 4.69) is 6.92 Å². The lowest BCUT2D eigenvalue weighted by molar-refractivity contribution is -0.122. The maximum absolute atomic E-state index is 13.3. The molecular weight excluding hydrogens is 549 g/mol. The fourth-order valence-corrected chi connectivity index (χ4v) is 7.71. The lowest BCUT2D eigenvalue weighted by Crippen LogP contribution is -2.29. The second kappa shape index (κ2) is 12.2. The SMILES string of the molecule is CCCCCCN1C(=O)/C(=C/c2cn(-c3ccccc3)nc2-c2cccc(S(=O)(=O)N3CCCC3)c2)SC1=S. The number of carbonyl (C=O) groups excluding carboxylic acids is 1. The number of benzene rings is 2. The number of nitrogens with zero attached hydrogens (tertiary/aromatic N) is 4. The minimum atomic E-state index is -3.58. The molecule has 0 radical (unpaired) electrons. The van der Waals surface area contributed by atoms with E-state index in [0.717, 1.165) is 49.8 Å². The number of unbranched alkanes of at least 4 members (excludes halogenated alkanes) is 3. The summed E-state index contributed by atoms with van der Waals surface area (Å²) in [4.78, 5) is 15.8. The van der Waals surface area contributed by atoms with Gasteiger partial charge in [-0.05, 0) is 49.6 Å². The normalized spacial score (nSPS) is 17.6. The number of sulfonamides is 1. The molecule has 0 saturated carbocycles. The maximum Gasteiger partial charge on any atom is 0.266 e. The molecule has 0 N–H and O–H groups in total. The molecule has 2 aromatic carbocycles. The van der Waals surface area contributed by atoms with Crippen LogP contribution in [0.1, 0.15) is 51.0 Å². The van der Waals surface area contributed by atoms with Crippen LogP contribution in [-0.2, 0) is 14.8 Å². The van der Waals surface area contributed by atoms with Crippen molar-refractivity contribution < 1.29 is 13.2 Å². The van der Waals surface area contributed by atoms with Crippen molar-refractivity contribution in [2.24, 2.45) is 0 Å². The van der Waals surface area contributed by atoms with E-state index < -0.39 is 10.0 Å². The molecule has 39 heavy (non-hydrogen) atoms. The van der Waals surface area contributed by atoms with Crippen molar-refractivity contribution in [2.75, 3.05) is 19.6 Å². The van der Waals surface area contributed by atoms with Gasteiger partial charge in [-0.1, -0.05) is 80.5 Å². The van der Waals surface area contributed by atoms with E-state index in [0.29, 0.717) is 40.1 Å². The molecule has 0 aliphatic carbocycles. The van der Waals surface area contributed by atoms with Gasteiger partial charge in [-0.15, -0.1) is 0 Å². The molecule has 10 heteroatoms. The topological polar surface area (TPSA) is 75.5 Å². The number of rotatable bonds is 10. The van der Waals surface area contributed by atoms with Gasteiger partial charge in [0.05, 0.1) is 15.5 Å². The second-order valence-electron chi connectivity index (χ2n) is 9.75. The Bertz CT molecular complexity index is 1490. The third-order valence-corrected chi connectivity index (χ3v) is 10.2. The lowest BCUT2D eigenvalue weighted by Gasteiger charge is -2.16. The van der Waals surface area contributed by atoms with Crippen molar-refractivity contribution >= 4 is 50.3 Å². The molecule has 2 saturated heterocycles. The van der Waals surface area contributed by atoms with Crippen molar-refractivity contribution in [1.82, 2.24) is 19.0 Å². The summed E-state index contributed by atoms with van der Waals surface area (Å²) in [5.41, 5.74) is 2.86. The Kier molecular flexibility index (Phi) is 8.66. The van der Waals surface area contributed by atoms with Gasteiger partial charge in [-0.3, -0.25) is 9.69 Å². The van der Waals surface area contributed by atoms with Crippen LogP contribution in [0, 0.1) is 0 Å². The van der Waals surface area contributed by atoms with E-state index in [4.69, 9.17) is 17.3 Å². The van der Waals surface area contributed by atoms with Gasteiger partial charge in [0.1, 0.15) is 10.0 Å². The Labute approximate surface area is 239 Å². The minimum absolute atomic E-state index is 0.0923. The molecule has 2 fully saturated rings. The van der Waals surface area contributed by atoms with Crippen LogP contribution < -0.4 is 0 Å². The Balaban J connectivity index is 1.52. The van der Waals surface area contributed by atoms with E-state index in [1.165, 1.54) is 11.8 Å². The monoisotopic (exact) mass is 580 g/mol. The van der Waals surface area contributed by atoms with Crippen LogP contribution >= 0.6 is 24.0 Å². The number of hydrogen-bond donors (Lipinski definition) is 0. The van der Waals surface area contributed by atoms with E-state index in [1.807, 2.05) is 48.7 Å². The first-order valence-electron chi connectivity index (χ1n) is 13.4. The molecule has 1 amide bonds. The molecule has 0 atom stereocenters. The Morgan fingerprint density at radius 1 is 1.03 bits per heavy atom. The third kappa shape index (κ3) is 6.04. The van der Waals surface area contributed by atoms with Crippen molar-refractivity contribution in [3.63, 3.8) is 0 Å². The van der Waals surface area contributed by atoms with Crippen molar-refractivity contribution in [2.45, 2.75) is 50.3 Å². The number of para-hydroxylation sites is 1. The Hall–Kier alpha value is -2.79. The highest BCUT2D eigenvalue weighted by Gasteiger charge is 2.32. The van der Waals surface area contributed by atoms with Gasteiger partial charge in [0, 0.05) is 37.0 Å². The number of hydrogen-bond acceptors (Lipinski definition) is 6. The summed E-state index contributed by atoms with van der Waals surface area (Å²) in [6.07, 6.45) is 9.71. The quantitative estimate of drug-likeness (QED) is 0.164. The minimum Gasteiger partial charge on any atom is -0.293 e. The van der Waals surface area contributed by atoms with Crippen LogP contribution in [0.4, 0.5) is 0 Å². The summed E-state index contributed by atoms with van der Waals surface area (Å²) >= 11 is 6.85. The van der Waals surface area contributed by atoms with Crippen molar-refractivity contribution in [1.29, 1.82) is 0 Å². The molecule has 0 unspecified atom stereocenters. The predicted molar refractivity (Wildman–Crippen MR) is 161 cm³/mol. The number of aromatic nitrogens is 2. The van der Waals surface area contributed by atoms with E-state index in [1.54, 1.807) is 32.1 Å². The molecule has 3 heterocycles. The zero-order valence-electron chi connectivity index (χ0n) is 22.0. The van der Waals surface area contributed by atoms with Gasteiger partial charge >= 0.3 is 0 Å². The van der Waals surface area contributed by atoms with Crippen LogP contribution in [-0.4, -0.2) is 57.3 Å². The highest BCUT2D eigenvalue weighted by molar-refractivity contribution is 8.26. The maximum atomic E-state index is 13.3. The number of amides is 1. The Morgan fingerprint density at radius 2 is 1.79 bits per heavy atom. The van der Waals surface area contributed by atoms with Crippen LogP contribution in [0.5, 0.6) is 0 Å². The molecule has 2 aliphatic rings. The largest absolute Gasteiger partial charge is 0.293 e. The predicted octanol–water partition coefficient (Wildman–Crippen LogP) is 6.11. The first-order chi connectivity index (χ1) is 18.9. The van der Waals surface area contributed by atoms with Crippen LogP contribution in [0.25, 0.3) is 23.0 Å². The smallest absolute Gasteiger partial charge is 0.266 e. The summed E-state index contributed by atoms with van der Waals surface area (Å²) < 4.78 is 30.4. The van der Waals surface area contributed by atoms with Gasteiger partial charge < -0.3 is 0 Å². The fourth-order valence-electron chi connectivity index (χ4n) is 4.84. The van der Waals surface area contributed by atoms with Crippen LogP contribution in [0.15, 0.2) is 70.6 Å². The third-order valence-electron chi connectivity index (χ3n) is 6.97. The summed E-state index contributed by atoms with van der Waals surface area (Å²) in [5.74, 6) is -0.0923. The van der Waals surface area contributed by atoms with E-state index >= 15 is 0 Å². The van der Waals surface area contributed by atoms with E-state index in [-0.39, 0.29) is 10.8 Å². The molecule has 7 nitrogen and oxygen atoms in total. The van der Waals surface area contributed by atoms with Gasteiger partial charge in [0.15, 0.2) is 0 Å². The summed E-state index contributed by atoms with van der Waals surface area (Å²) in [7, 11) is -3.58. The average molecular weight is 581 g/mol. The van der Waals surface area contributed by atoms with Crippen LogP contribution in [0.3, 0.4) is 0 Å². The van der Waals surface area contributed by atoms with Gasteiger partial charge in [0.2, 0.25) is 10.0 Å². The molecule has 2 aliphatic heterocycles. The highest BCUT2D eigenvalue weighted by Crippen LogP contribution is 2.35.